The molecule has 1 N–H and O–H groups in total. The summed E-state index contributed by atoms with van der Waals surface area (Å²) in [5.41, 5.74) is 0.938. The molecule has 3 rings (SSSR count). The molecule has 106 valence electrons. The minimum absolute atomic E-state index is 0.297. The van der Waals surface area contributed by atoms with E-state index in [1.165, 1.54) is 27.8 Å². The molecule has 0 atom stereocenters. The molecular weight excluding hydrogens is 283 g/mol. The fraction of sp³-hybridized carbons (Fsp3) is 0.333. The molecule has 20 heavy (non-hydrogen) atoms. The summed E-state index contributed by atoms with van der Waals surface area (Å²) >= 11 is 1.49. The van der Waals surface area contributed by atoms with Crippen molar-refractivity contribution < 1.29 is 13.2 Å². The predicted molar refractivity (Wildman–Crippen MR) is 75.0 cm³/mol. The zero-order valence-electron chi connectivity index (χ0n) is 10.8. The third kappa shape index (κ3) is 2.60. The summed E-state index contributed by atoms with van der Waals surface area (Å²) < 4.78 is 39.2. The summed E-state index contributed by atoms with van der Waals surface area (Å²) in [6.07, 6.45) is -2.52. The molecule has 1 aromatic heterocycles. The van der Waals surface area contributed by atoms with Crippen LogP contribution in [-0.2, 0) is 19.0 Å². The lowest BCUT2D eigenvalue weighted by Crippen LogP contribution is -2.16. The van der Waals surface area contributed by atoms with Crippen LogP contribution in [0, 0.1) is 0 Å². The molecule has 2 heterocycles. The van der Waals surface area contributed by atoms with Gasteiger partial charge in [0.1, 0.15) is 0 Å². The van der Waals surface area contributed by atoms with Gasteiger partial charge in [-0.2, -0.15) is 13.2 Å². The maximum Gasteiger partial charge on any atom is 0.417 e. The van der Waals surface area contributed by atoms with Crippen molar-refractivity contribution in [3.05, 3.63) is 46.3 Å². The van der Waals surface area contributed by atoms with Crippen molar-refractivity contribution in [1.82, 2.24) is 5.32 Å². The highest BCUT2D eigenvalue weighted by Gasteiger charge is 2.33. The van der Waals surface area contributed by atoms with Crippen LogP contribution in [-0.4, -0.2) is 13.1 Å². The molecule has 2 aromatic rings. The highest BCUT2D eigenvalue weighted by Crippen LogP contribution is 2.40. The SMILES string of the molecule is FC(F)(F)c1ccccc1-c1cc2c(s1)CCNCC2. The van der Waals surface area contributed by atoms with Gasteiger partial charge in [0.2, 0.25) is 0 Å². The minimum atomic E-state index is -4.31. The van der Waals surface area contributed by atoms with E-state index in [0.717, 1.165) is 36.9 Å². The molecule has 1 aromatic carbocycles. The topological polar surface area (TPSA) is 12.0 Å². The number of halogens is 3. The number of rotatable bonds is 1. The van der Waals surface area contributed by atoms with E-state index in [2.05, 4.69) is 5.32 Å². The first-order chi connectivity index (χ1) is 9.55. The van der Waals surface area contributed by atoms with Gasteiger partial charge in [0.25, 0.3) is 0 Å². The number of hydrogen-bond acceptors (Lipinski definition) is 2. The Hall–Kier alpha value is -1.33. The second kappa shape index (κ2) is 5.22. The number of nitrogens with one attached hydrogen (secondary N) is 1. The Morgan fingerprint density at radius 3 is 2.60 bits per heavy atom. The molecule has 0 saturated carbocycles. The molecule has 0 saturated heterocycles. The van der Waals surface area contributed by atoms with E-state index < -0.39 is 11.7 Å². The van der Waals surface area contributed by atoms with Crippen LogP contribution in [0.15, 0.2) is 30.3 Å². The van der Waals surface area contributed by atoms with Gasteiger partial charge in [-0.05, 0) is 43.6 Å². The summed E-state index contributed by atoms with van der Waals surface area (Å²) in [7, 11) is 0. The van der Waals surface area contributed by atoms with Gasteiger partial charge in [-0.15, -0.1) is 11.3 Å². The molecule has 1 aliphatic rings. The Balaban J connectivity index is 2.06. The number of hydrogen-bond donors (Lipinski definition) is 1. The van der Waals surface area contributed by atoms with Crippen molar-refractivity contribution in [3.63, 3.8) is 0 Å². The smallest absolute Gasteiger partial charge is 0.316 e. The molecule has 0 aliphatic carbocycles. The van der Waals surface area contributed by atoms with Crippen LogP contribution in [0.3, 0.4) is 0 Å². The van der Waals surface area contributed by atoms with Gasteiger partial charge in [-0.25, -0.2) is 0 Å². The average Bonchev–Trinajstić information content (AvgIpc) is 2.69. The summed E-state index contributed by atoms with van der Waals surface area (Å²) in [4.78, 5) is 1.94. The lowest BCUT2D eigenvalue weighted by molar-refractivity contribution is -0.137. The van der Waals surface area contributed by atoms with E-state index in [4.69, 9.17) is 0 Å². The minimum Gasteiger partial charge on any atom is -0.316 e. The van der Waals surface area contributed by atoms with Crippen LogP contribution in [0.5, 0.6) is 0 Å². The van der Waals surface area contributed by atoms with Gasteiger partial charge < -0.3 is 5.32 Å². The molecule has 1 aliphatic heterocycles. The van der Waals surface area contributed by atoms with E-state index in [9.17, 15) is 13.2 Å². The van der Waals surface area contributed by atoms with Gasteiger partial charge in [0, 0.05) is 15.3 Å². The fourth-order valence-corrected chi connectivity index (χ4v) is 3.77. The van der Waals surface area contributed by atoms with Gasteiger partial charge >= 0.3 is 6.18 Å². The third-order valence-electron chi connectivity index (χ3n) is 3.49. The monoisotopic (exact) mass is 297 g/mol. The van der Waals surface area contributed by atoms with Crippen molar-refractivity contribution >= 4 is 11.3 Å². The van der Waals surface area contributed by atoms with Crippen molar-refractivity contribution in [2.75, 3.05) is 13.1 Å². The van der Waals surface area contributed by atoms with Crippen molar-refractivity contribution in [3.8, 4) is 10.4 Å². The van der Waals surface area contributed by atoms with E-state index in [0.29, 0.717) is 5.56 Å². The van der Waals surface area contributed by atoms with Crippen LogP contribution in [0.2, 0.25) is 0 Å². The van der Waals surface area contributed by atoms with Crippen LogP contribution in [0.25, 0.3) is 10.4 Å². The highest BCUT2D eigenvalue weighted by molar-refractivity contribution is 7.15. The Labute approximate surface area is 119 Å². The lowest BCUT2D eigenvalue weighted by atomic mass is 10.0. The van der Waals surface area contributed by atoms with E-state index >= 15 is 0 Å². The molecule has 0 unspecified atom stereocenters. The summed E-state index contributed by atoms with van der Waals surface area (Å²) in [6, 6.07) is 7.75. The van der Waals surface area contributed by atoms with Crippen LogP contribution in [0.4, 0.5) is 13.2 Å². The molecule has 0 fully saturated rings. The molecule has 0 amide bonds. The second-order valence-electron chi connectivity index (χ2n) is 4.85. The van der Waals surface area contributed by atoms with E-state index in [1.54, 1.807) is 12.1 Å². The number of benzene rings is 1. The lowest BCUT2D eigenvalue weighted by Gasteiger charge is -2.11. The fourth-order valence-electron chi connectivity index (χ4n) is 2.52. The summed E-state index contributed by atoms with van der Waals surface area (Å²) in [6.45, 7) is 1.79. The maximum absolute atomic E-state index is 13.1. The van der Waals surface area contributed by atoms with Gasteiger partial charge in [-0.3, -0.25) is 0 Å². The van der Waals surface area contributed by atoms with Crippen LogP contribution < -0.4 is 5.32 Å². The number of thiophene rings is 1. The van der Waals surface area contributed by atoms with Gasteiger partial charge in [-0.1, -0.05) is 18.2 Å². The summed E-state index contributed by atoms with van der Waals surface area (Å²) in [5.74, 6) is 0. The van der Waals surface area contributed by atoms with Crippen LogP contribution >= 0.6 is 11.3 Å². The standard InChI is InChI=1S/C15H14F3NS/c16-15(17,18)12-4-2-1-3-11(12)14-9-10-5-7-19-8-6-13(10)20-14/h1-4,9,19H,5-8H2. The molecule has 0 bridgehead atoms. The Bertz CT molecular complexity index is 592. The average molecular weight is 297 g/mol. The van der Waals surface area contributed by atoms with Gasteiger partial charge in [0.15, 0.2) is 0 Å². The second-order valence-corrected chi connectivity index (χ2v) is 5.99. The van der Waals surface area contributed by atoms with E-state index in [-0.39, 0.29) is 0 Å². The Morgan fingerprint density at radius 2 is 1.80 bits per heavy atom. The first-order valence-corrected chi connectivity index (χ1v) is 7.36. The first kappa shape index (κ1) is 13.6. The van der Waals surface area contributed by atoms with Crippen molar-refractivity contribution in [2.45, 2.75) is 19.0 Å². The zero-order chi connectivity index (χ0) is 14.2. The maximum atomic E-state index is 13.1. The quantitative estimate of drug-likeness (QED) is 0.835. The number of alkyl halides is 3. The molecule has 0 radical (unpaired) electrons. The normalized spacial score (nSPS) is 15.8. The molecular formula is C15H14F3NS. The first-order valence-electron chi connectivity index (χ1n) is 6.54. The van der Waals surface area contributed by atoms with E-state index in [1.807, 2.05) is 6.07 Å². The van der Waals surface area contributed by atoms with Gasteiger partial charge in [0.05, 0.1) is 5.56 Å². The Morgan fingerprint density at radius 1 is 1.05 bits per heavy atom. The summed E-state index contributed by atoms with van der Waals surface area (Å²) in [5, 5.41) is 3.30. The molecule has 0 spiro atoms. The molecule has 5 heteroatoms. The predicted octanol–water partition coefficient (Wildman–Crippen LogP) is 4.12. The highest BCUT2D eigenvalue weighted by atomic mass is 32.1. The van der Waals surface area contributed by atoms with Crippen molar-refractivity contribution in [1.29, 1.82) is 0 Å². The third-order valence-corrected chi connectivity index (χ3v) is 4.76. The van der Waals surface area contributed by atoms with Crippen molar-refractivity contribution in [2.24, 2.45) is 0 Å². The largest absolute Gasteiger partial charge is 0.417 e. The Kier molecular flexibility index (Phi) is 3.56. The van der Waals surface area contributed by atoms with Crippen LogP contribution in [0.1, 0.15) is 16.0 Å². The number of fused-ring (bicyclic) bond motifs is 1. The molecule has 1 nitrogen and oxygen atoms in total. The zero-order valence-corrected chi connectivity index (χ0v) is 11.6.